The molecule has 116 valence electrons. The first kappa shape index (κ1) is 15.7. The molecule has 2 atom stereocenters. The fourth-order valence-corrected chi connectivity index (χ4v) is 3.01. The number of benzene rings is 1. The minimum Gasteiger partial charge on any atom is -0.381 e. The Morgan fingerprint density at radius 2 is 1.76 bits per heavy atom. The molecule has 1 aliphatic rings. The van der Waals surface area contributed by atoms with Crippen molar-refractivity contribution in [1.29, 1.82) is 0 Å². The SMILES string of the molecule is CCNc1c(F)cc(C(=O)N2C(C)CCCC2C)cc1F. The molecule has 1 amide bonds. The molecule has 1 fully saturated rings. The summed E-state index contributed by atoms with van der Waals surface area (Å²) in [6.45, 7) is 6.14. The normalized spacial score (nSPS) is 22.2. The van der Waals surface area contributed by atoms with Gasteiger partial charge < -0.3 is 10.2 Å². The zero-order valence-corrected chi connectivity index (χ0v) is 12.7. The Kier molecular flexibility index (Phi) is 4.80. The van der Waals surface area contributed by atoms with Crippen LogP contribution in [0, 0.1) is 11.6 Å². The Bertz CT molecular complexity index is 500. The lowest BCUT2D eigenvalue weighted by Gasteiger charge is -2.39. The largest absolute Gasteiger partial charge is 0.381 e. The van der Waals surface area contributed by atoms with E-state index in [2.05, 4.69) is 5.32 Å². The van der Waals surface area contributed by atoms with E-state index in [1.165, 1.54) is 0 Å². The van der Waals surface area contributed by atoms with Crippen LogP contribution in [0.25, 0.3) is 0 Å². The zero-order valence-electron chi connectivity index (χ0n) is 12.7. The number of amides is 1. The molecule has 0 bridgehead atoms. The van der Waals surface area contributed by atoms with Crippen LogP contribution in [0.3, 0.4) is 0 Å². The fourth-order valence-electron chi connectivity index (χ4n) is 3.01. The number of nitrogens with zero attached hydrogens (tertiary/aromatic N) is 1. The average Bonchev–Trinajstić information content (AvgIpc) is 2.42. The van der Waals surface area contributed by atoms with Gasteiger partial charge in [-0.1, -0.05) is 0 Å². The van der Waals surface area contributed by atoms with Gasteiger partial charge in [-0.05, 0) is 52.2 Å². The topological polar surface area (TPSA) is 32.3 Å². The molecule has 3 nitrogen and oxygen atoms in total. The summed E-state index contributed by atoms with van der Waals surface area (Å²) < 4.78 is 27.9. The van der Waals surface area contributed by atoms with E-state index in [-0.39, 0.29) is 29.2 Å². The number of hydrogen-bond acceptors (Lipinski definition) is 2. The molecule has 0 spiro atoms. The van der Waals surface area contributed by atoms with Crippen molar-refractivity contribution in [2.75, 3.05) is 11.9 Å². The van der Waals surface area contributed by atoms with Crippen molar-refractivity contribution in [3.63, 3.8) is 0 Å². The maximum absolute atomic E-state index is 13.9. The minimum atomic E-state index is -0.725. The lowest BCUT2D eigenvalue weighted by Crippen LogP contribution is -2.47. The zero-order chi connectivity index (χ0) is 15.6. The fraction of sp³-hybridized carbons (Fsp3) is 0.562. The van der Waals surface area contributed by atoms with Crippen molar-refractivity contribution in [3.8, 4) is 0 Å². The lowest BCUT2D eigenvalue weighted by molar-refractivity contribution is 0.0510. The molecule has 1 aliphatic heterocycles. The number of rotatable bonds is 3. The number of hydrogen-bond donors (Lipinski definition) is 1. The number of halogens is 2. The summed E-state index contributed by atoms with van der Waals surface area (Å²) >= 11 is 0. The maximum Gasteiger partial charge on any atom is 0.254 e. The van der Waals surface area contributed by atoms with Crippen LogP contribution < -0.4 is 5.32 Å². The molecule has 1 aromatic rings. The minimum absolute atomic E-state index is 0.0762. The molecule has 2 rings (SSSR count). The van der Waals surface area contributed by atoms with Gasteiger partial charge in [0.15, 0.2) is 0 Å². The summed E-state index contributed by atoms with van der Waals surface area (Å²) in [7, 11) is 0. The van der Waals surface area contributed by atoms with Crippen molar-refractivity contribution < 1.29 is 13.6 Å². The highest BCUT2D eigenvalue weighted by atomic mass is 19.1. The van der Waals surface area contributed by atoms with E-state index in [0.29, 0.717) is 6.54 Å². The van der Waals surface area contributed by atoms with E-state index in [0.717, 1.165) is 31.4 Å². The molecular weight excluding hydrogens is 274 g/mol. The van der Waals surface area contributed by atoms with Gasteiger partial charge in [-0.2, -0.15) is 0 Å². The van der Waals surface area contributed by atoms with Crippen molar-refractivity contribution in [3.05, 3.63) is 29.3 Å². The molecule has 1 N–H and O–H groups in total. The number of carbonyl (C=O) groups is 1. The molecule has 0 aromatic heterocycles. The monoisotopic (exact) mass is 296 g/mol. The third-order valence-corrected chi connectivity index (χ3v) is 4.07. The van der Waals surface area contributed by atoms with Gasteiger partial charge in [-0.15, -0.1) is 0 Å². The van der Waals surface area contributed by atoms with Crippen molar-refractivity contribution in [2.45, 2.75) is 52.1 Å². The Morgan fingerprint density at radius 3 is 2.24 bits per heavy atom. The van der Waals surface area contributed by atoms with Crippen LogP contribution in [0.4, 0.5) is 14.5 Å². The molecule has 0 saturated carbocycles. The third-order valence-electron chi connectivity index (χ3n) is 4.07. The van der Waals surface area contributed by atoms with E-state index in [9.17, 15) is 13.6 Å². The van der Waals surface area contributed by atoms with Gasteiger partial charge >= 0.3 is 0 Å². The molecule has 1 aromatic carbocycles. The highest BCUT2D eigenvalue weighted by Crippen LogP contribution is 2.27. The molecule has 0 aliphatic carbocycles. The van der Waals surface area contributed by atoms with Crippen molar-refractivity contribution in [1.82, 2.24) is 4.90 Å². The first-order valence-corrected chi connectivity index (χ1v) is 7.51. The summed E-state index contributed by atoms with van der Waals surface area (Å²) in [6.07, 6.45) is 2.93. The number of anilines is 1. The van der Waals surface area contributed by atoms with Crippen LogP contribution in [0.2, 0.25) is 0 Å². The second-order valence-electron chi connectivity index (χ2n) is 5.69. The summed E-state index contributed by atoms with van der Waals surface area (Å²) in [6, 6.07) is 2.44. The first-order chi connectivity index (χ1) is 9.95. The molecule has 5 heteroatoms. The van der Waals surface area contributed by atoms with Gasteiger partial charge in [0.2, 0.25) is 0 Å². The summed E-state index contributed by atoms with van der Waals surface area (Å²) in [4.78, 5) is 14.3. The Hall–Kier alpha value is -1.65. The van der Waals surface area contributed by atoms with Gasteiger partial charge in [-0.25, -0.2) is 8.78 Å². The predicted molar refractivity (Wildman–Crippen MR) is 79.5 cm³/mol. The number of likely N-dealkylation sites (tertiary alicyclic amines) is 1. The Balaban J connectivity index is 2.31. The third kappa shape index (κ3) is 3.17. The van der Waals surface area contributed by atoms with Gasteiger partial charge in [0.1, 0.15) is 17.3 Å². The number of carbonyl (C=O) groups excluding carboxylic acids is 1. The van der Waals surface area contributed by atoms with Crippen LogP contribution in [-0.2, 0) is 0 Å². The van der Waals surface area contributed by atoms with E-state index in [1.807, 2.05) is 13.8 Å². The van der Waals surface area contributed by atoms with Crippen LogP contribution >= 0.6 is 0 Å². The van der Waals surface area contributed by atoms with Crippen molar-refractivity contribution >= 4 is 11.6 Å². The molecule has 1 saturated heterocycles. The standard InChI is InChI=1S/C16H22F2N2O/c1-4-19-15-13(17)8-12(9-14(15)18)16(21)20-10(2)6-5-7-11(20)3/h8-11,19H,4-7H2,1-3H3. The highest BCUT2D eigenvalue weighted by molar-refractivity contribution is 5.95. The summed E-state index contributed by atoms with van der Waals surface area (Å²) in [5.41, 5.74) is -0.0963. The quantitative estimate of drug-likeness (QED) is 0.920. The van der Waals surface area contributed by atoms with Crippen LogP contribution in [0.1, 0.15) is 50.4 Å². The van der Waals surface area contributed by atoms with Crippen molar-refractivity contribution in [2.24, 2.45) is 0 Å². The molecule has 1 heterocycles. The molecule has 0 radical (unpaired) electrons. The van der Waals surface area contributed by atoms with Gasteiger partial charge in [0.05, 0.1) is 0 Å². The van der Waals surface area contributed by atoms with Crippen LogP contribution in [0.15, 0.2) is 12.1 Å². The molecule has 2 unspecified atom stereocenters. The lowest BCUT2D eigenvalue weighted by atomic mass is 9.96. The van der Waals surface area contributed by atoms with Gasteiger partial charge in [0, 0.05) is 24.2 Å². The average molecular weight is 296 g/mol. The van der Waals surface area contributed by atoms with E-state index in [4.69, 9.17) is 0 Å². The second-order valence-corrected chi connectivity index (χ2v) is 5.69. The van der Waals surface area contributed by atoms with Gasteiger partial charge in [0.25, 0.3) is 5.91 Å². The highest BCUT2D eigenvalue weighted by Gasteiger charge is 2.30. The van der Waals surface area contributed by atoms with E-state index < -0.39 is 11.6 Å². The Labute approximate surface area is 124 Å². The molecule has 21 heavy (non-hydrogen) atoms. The second kappa shape index (κ2) is 6.41. The maximum atomic E-state index is 13.9. The summed E-state index contributed by atoms with van der Waals surface area (Å²) in [5.74, 6) is -1.74. The number of piperidine rings is 1. The Morgan fingerprint density at radius 1 is 1.24 bits per heavy atom. The van der Waals surface area contributed by atoms with Crippen LogP contribution in [0.5, 0.6) is 0 Å². The smallest absolute Gasteiger partial charge is 0.254 e. The summed E-state index contributed by atoms with van der Waals surface area (Å²) in [5, 5.41) is 2.63. The number of nitrogens with one attached hydrogen (secondary N) is 1. The first-order valence-electron chi connectivity index (χ1n) is 7.51. The van der Waals surface area contributed by atoms with E-state index in [1.54, 1.807) is 11.8 Å². The molecular formula is C16H22F2N2O. The van der Waals surface area contributed by atoms with E-state index >= 15 is 0 Å². The van der Waals surface area contributed by atoms with Crippen LogP contribution in [-0.4, -0.2) is 29.4 Å². The van der Waals surface area contributed by atoms with Gasteiger partial charge in [-0.3, -0.25) is 4.79 Å². The predicted octanol–water partition coefficient (Wildman–Crippen LogP) is 3.80.